The third kappa shape index (κ3) is 6.19. The van der Waals surface area contributed by atoms with Crippen molar-refractivity contribution >= 4 is 21.6 Å². The third-order valence-corrected chi connectivity index (χ3v) is 7.68. The lowest BCUT2D eigenvalue weighted by Gasteiger charge is -2.26. The fraction of sp³-hybridized carbons (Fsp3) is 0.259. The van der Waals surface area contributed by atoms with Crippen molar-refractivity contribution in [2.75, 3.05) is 25.0 Å². The molecule has 0 saturated heterocycles. The Morgan fingerprint density at radius 3 is 2.37 bits per heavy atom. The summed E-state index contributed by atoms with van der Waals surface area (Å²) in [6.07, 6.45) is -0.00932. The van der Waals surface area contributed by atoms with Crippen molar-refractivity contribution in [2.45, 2.75) is 31.7 Å². The molecule has 0 heterocycles. The van der Waals surface area contributed by atoms with Crippen LogP contribution in [0.5, 0.6) is 5.75 Å². The zero-order valence-corrected chi connectivity index (χ0v) is 21.2. The van der Waals surface area contributed by atoms with Gasteiger partial charge in [0.15, 0.2) is 0 Å². The van der Waals surface area contributed by atoms with Gasteiger partial charge in [-0.25, -0.2) is 8.42 Å². The fourth-order valence-electron chi connectivity index (χ4n) is 3.83. The van der Waals surface area contributed by atoms with E-state index in [4.69, 9.17) is 10.00 Å². The van der Waals surface area contributed by atoms with E-state index >= 15 is 0 Å². The van der Waals surface area contributed by atoms with Crippen molar-refractivity contribution in [1.82, 2.24) is 4.90 Å². The number of benzene rings is 3. The van der Waals surface area contributed by atoms with E-state index in [0.29, 0.717) is 29.1 Å². The van der Waals surface area contributed by atoms with Crippen LogP contribution in [-0.4, -0.2) is 39.9 Å². The molecule has 182 valence electrons. The SMILES string of the molecule is COc1ccc(N(CCC(=O)N(C)Cc2cccc(C#N)c2)S(=O)(=O)c2ccc(C)cc2C)cc1. The largest absolute Gasteiger partial charge is 0.497 e. The first kappa shape index (κ1) is 25.8. The molecule has 0 bridgehead atoms. The van der Waals surface area contributed by atoms with Gasteiger partial charge in [0.2, 0.25) is 5.91 Å². The quantitative estimate of drug-likeness (QED) is 0.442. The molecule has 8 heteroatoms. The maximum atomic E-state index is 13.7. The van der Waals surface area contributed by atoms with Crippen molar-refractivity contribution in [3.05, 3.63) is 89.0 Å². The molecule has 1 amide bonds. The summed E-state index contributed by atoms with van der Waals surface area (Å²) in [4.78, 5) is 14.7. The van der Waals surface area contributed by atoms with E-state index in [2.05, 4.69) is 6.07 Å². The molecule has 3 aromatic rings. The van der Waals surface area contributed by atoms with Gasteiger partial charge in [0.05, 0.1) is 29.3 Å². The summed E-state index contributed by atoms with van der Waals surface area (Å²) >= 11 is 0. The van der Waals surface area contributed by atoms with Gasteiger partial charge < -0.3 is 9.64 Å². The Balaban J connectivity index is 1.85. The van der Waals surface area contributed by atoms with Crippen molar-refractivity contribution in [3.63, 3.8) is 0 Å². The standard InChI is InChI=1S/C27H29N3O4S/c1-20-8-13-26(21(2)16-20)35(32,33)30(24-9-11-25(34-4)12-10-24)15-14-27(31)29(3)19-23-7-5-6-22(17-23)18-28/h5-13,16-17H,14-15,19H2,1-4H3. The van der Waals surface area contributed by atoms with Gasteiger partial charge in [0, 0.05) is 26.6 Å². The molecule has 3 aromatic carbocycles. The summed E-state index contributed by atoms with van der Waals surface area (Å²) in [5.41, 5.74) is 3.41. The molecule has 3 rings (SSSR count). The average Bonchev–Trinajstić information content (AvgIpc) is 2.84. The van der Waals surface area contributed by atoms with Gasteiger partial charge in [0.1, 0.15) is 5.75 Å². The average molecular weight is 492 g/mol. The van der Waals surface area contributed by atoms with Crippen LogP contribution in [0.1, 0.15) is 28.7 Å². The zero-order chi connectivity index (χ0) is 25.6. The van der Waals surface area contributed by atoms with Crippen molar-refractivity contribution < 1.29 is 17.9 Å². The molecule has 0 N–H and O–H groups in total. The normalized spacial score (nSPS) is 10.9. The van der Waals surface area contributed by atoms with Crippen LogP contribution < -0.4 is 9.04 Å². The van der Waals surface area contributed by atoms with Gasteiger partial charge in [-0.3, -0.25) is 9.10 Å². The van der Waals surface area contributed by atoms with E-state index < -0.39 is 10.0 Å². The summed E-state index contributed by atoms with van der Waals surface area (Å²) in [5.74, 6) is 0.398. The number of hydrogen-bond acceptors (Lipinski definition) is 5. The summed E-state index contributed by atoms with van der Waals surface area (Å²) in [6.45, 7) is 3.97. The Bertz CT molecular complexity index is 1350. The first-order chi connectivity index (χ1) is 16.6. The van der Waals surface area contributed by atoms with Crippen LogP contribution >= 0.6 is 0 Å². The number of hydrogen-bond donors (Lipinski definition) is 0. The molecule has 7 nitrogen and oxygen atoms in total. The topological polar surface area (TPSA) is 90.7 Å². The molecule has 0 radical (unpaired) electrons. The van der Waals surface area contributed by atoms with E-state index in [-0.39, 0.29) is 23.8 Å². The molecule has 0 spiro atoms. The number of nitrogens with zero attached hydrogens (tertiary/aromatic N) is 3. The van der Waals surface area contributed by atoms with Gasteiger partial charge in [-0.2, -0.15) is 5.26 Å². The van der Waals surface area contributed by atoms with Crippen molar-refractivity contribution in [1.29, 1.82) is 5.26 Å². The molecule has 35 heavy (non-hydrogen) atoms. The molecular weight excluding hydrogens is 462 g/mol. The second-order valence-corrected chi connectivity index (χ2v) is 10.2. The zero-order valence-electron chi connectivity index (χ0n) is 20.4. The number of anilines is 1. The van der Waals surface area contributed by atoms with Crippen LogP contribution in [0.25, 0.3) is 0 Å². The Kier molecular flexibility index (Phi) is 8.15. The smallest absolute Gasteiger partial charge is 0.264 e. The number of sulfonamides is 1. The second-order valence-electron chi connectivity index (χ2n) is 8.36. The Labute approximate surface area is 207 Å². The molecule has 0 aromatic heterocycles. The van der Waals surface area contributed by atoms with Crippen LogP contribution in [0.15, 0.2) is 71.6 Å². The number of methoxy groups -OCH3 is 1. The summed E-state index contributed by atoms with van der Waals surface area (Å²) in [5, 5.41) is 9.10. The van der Waals surface area contributed by atoms with Crippen LogP contribution in [0.2, 0.25) is 0 Å². The van der Waals surface area contributed by atoms with E-state index in [9.17, 15) is 13.2 Å². The lowest BCUT2D eigenvalue weighted by molar-refractivity contribution is -0.130. The van der Waals surface area contributed by atoms with Crippen LogP contribution in [0.4, 0.5) is 5.69 Å². The van der Waals surface area contributed by atoms with Gasteiger partial charge in [-0.15, -0.1) is 0 Å². The number of rotatable bonds is 9. The number of aryl methyl sites for hydroxylation is 2. The predicted octanol–water partition coefficient (Wildman–Crippen LogP) is 4.43. The van der Waals surface area contributed by atoms with E-state index in [0.717, 1.165) is 11.1 Å². The maximum Gasteiger partial charge on any atom is 0.264 e. The van der Waals surface area contributed by atoms with Crippen LogP contribution in [-0.2, 0) is 21.4 Å². The van der Waals surface area contributed by atoms with Gasteiger partial charge in [-0.05, 0) is 67.4 Å². The lowest BCUT2D eigenvalue weighted by Crippen LogP contribution is -2.36. The second kappa shape index (κ2) is 11.1. The molecule has 0 fully saturated rings. The number of nitriles is 1. The van der Waals surface area contributed by atoms with E-state index in [1.807, 2.05) is 19.1 Å². The van der Waals surface area contributed by atoms with Crippen LogP contribution in [0.3, 0.4) is 0 Å². The molecule has 0 aliphatic rings. The van der Waals surface area contributed by atoms with Gasteiger partial charge >= 0.3 is 0 Å². The lowest BCUT2D eigenvalue weighted by atomic mass is 10.1. The highest BCUT2D eigenvalue weighted by molar-refractivity contribution is 7.92. The summed E-state index contributed by atoms with van der Waals surface area (Å²) in [6, 6.07) is 21.1. The molecule has 0 aliphatic carbocycles. The van der Waals surface area contributed by atoms with E-state index in [1.165, 1.54) is 9.21 Å². The Morgan fingerprint density at radius 1 is 1.03 bits per heavy atom. The number of amides is 1. The Hall–Kier alpha value is -3.83. The minimum atomic E-state index is -3.92. The minimum Gasteiger partial charge on any atom is -0.497 e. The minimum absolute atomic E-state index is 0.00932. The highest BCUT2D eigenvalue weighted by Gasteiger charge is 2.27. The molecule has 0 saturated carbocycles. The number of carbonyl (C=O) groups is 1. The highest BCUT2D eigenvalue weighted by Crippen LogP contribution is 2.28. The van der Waals surface area contributed by atoms with Gasteiger partial charge in [-0.1, -0.05) is 29.8 Å². The molecule has 0 aliphatic heterocycles. The number of ether oxygens (including phenoxy) is 1. The summed E-state index contributed by atoms with van der Waals surface area (Å²) in [7, 11) is -0.719. The van der Waals surface area contributed by atoms with Crippen molar-refractivity contribution in [2.24, 2.45) is 0 Å². The summed E-state index contributed by atoms with van der Waals surface area (Å²) < 4.78 is 33.9. The first-order valence-corrected chi connectivity index (χ1v) is 12.6. The predicted molar refractivity (Wildman–Crippen MR) is 136 cm³/mol. The fourth-order valence-corrected chi connectivity index (χ4v) is 5.51. The molecule has 0 unspecified atom stereocenters. The maximum absolute atomic E-state index is 13.7. The van der Waals surface area contributed by atoms with E-state index in [1.54, 1.807) is 75.7 Å². The molecular formula is C27H29N3O4S. The number of carbonyl (C=O) groups excluding carboxylic acids is 1. The highest BCUT2D eigenvalue weighted by atomic mass is 32.2. The third-order valence-electron chi connectivity index (χ3n) is 5.69. The Morgan fingerprint density at radius 2 is 1.74 bits per heavy atom. The van der Waals surface area contributed by atoms with Crippen LogP contribution in [0, 0.1) is 25.2 Å². The monoisotopic (exact) mass is 491 g/mol. The first-order valence-electron chi connectivity index (χ1n) is 11.1. The molecule has 0 atom stereocenters. The van der Waals surface area contributed by atoms with Crippen molar-refractivity contribution in [3.8, 4) is 11.8 Å². The van der Waals surface area contributed by atoms with Gasteiger partial charge in [0.25, 0.3) is 10.0 Å².